The van der Waals surface area contributed by atoms with Gasteiger partial charge in [-0.15, -0.1) is 0 Å². The highest BCUT2D eigenvalue weighted by Crippen LogP contribution is 2.29. The van der Waals surface area contributed by atoms with Crippen LogP contribution in [0.15, 0.2) is 18.2 Å². The summed E-state index contributed by atoms with van der Waals surface area (Å²) in [6.45, 7) is 3.67. The van der Waals surface area contributed by atoms with E-state index in [0.717, 1.165) is 31.5 Å². The van der Waals surface area contributed by atoms with Gasteiger partial charge < -0.3 is 10.6 Å². The third kappa shape index (κ3) is 3.62. The van der Waals surface area contributed by atoms with Crippen molar-refractivity contribution in [3.8, 4) is 0 Å². The van der Waals surface area contributed by atoms with Crippen LogP contribution in [-0.2, 0) is 4.79 Å². The lowest BCUT2D eigenvalue weighted by Crippen LogP contribution is -2.41. The highest BCUT2D eigenvalue weighted by molar-refractivity contribution is 6.42. The molecule has 1 aliphatic heterocycles. The first-order valence-electron chi connectivity index (χ1n) is 6.54. The third-order valence-electron chi connectivity index (χ3n) is 3.47. The summed E-state index contributed by atoms with van der Waals surface area (Å²) in [5, 5.41) is 7.28. The molecule has 0 saturated carbocycles. The van der Waals surface area contributed by atoms with E-state index in [1.165, 1.54) is 0 Å². The van der Waals surface area contributed by atoms with Crippen molar-refractivity contribution in [2.45, 2.75) is 25.8 Å². The highest BCUT2D eigenvalue weighted by Gasteiger charge is 2.23. The van der Waals surface area contributed by atoms with Crippen molar-refractivity contribution in [2.24, 2.45) is 5.92 Å². The van der Waals surface area contributed by atoms with Crippen LogP contribution in [0.4, 0.5) is 0 Å². The summed E-state index contributed by atoms with van der Waals surface area (Å²) in [4.78, 5) is 12.2. The molecule has 1 saturated heterocycles. The minimum Gasteiger partial charge on any atom is -0.349 e. The molecule has 2 unspecified atom stereocenters. The van der Waals surface area contributed by atoms with Crippen molar-refractivity contribution in [2.75, 3.05) is 13.1 Å². The summed E-state index contributed by atoms with van der Waals surface area (Å²) < 4.78 is 0. The van der Waals surface area contributed by atoms with Crippen molar-refractivity contribution in [3.63, 3.8) is 0 Å². The molecule has 1 aromatic carbocycles. The zero-order valence-corrected chi connectivity index (χ0v) is 12.4. The van der Waals surface area contributed by atoms with Crippen molar-refractivity contribution >= 4 is 29.1 Å². The Morgan fingerprint density at radius 2 is 2.26 bits per heavy atom. The van der Waals surface area contributed by atoms with Gasteiger partial charge in [-0.3, -0.25) is 4.79 Å². The number of benzene rings is 1. The second-order valence-electron chi connectivity index (χ2n) is 4.92. The average Bonchev–Trinajstić information content (AvgIpc) is 2.42. The topological polar surface area (TPSA) is 41.1 Å². The van der Waals surface area contributed by atoms with Gasteiger partial charge in [0.15, 0.2) is 0 Å². The number of hydrogen-bond donors (Lipinski definition) is 2. The van der Waals surface area contributed by atoms with E-state index in [1.54, 1.807) is 6.07 Å². The molecule has 1 heterocycles. The van der Waals surface area contributed by atoms with Crippen LogP contribution in [0.25, 0.3) is 0 Å². The third-order valence-corrected chi connectivity index (χ3v) is 4.31. The molecular formula is C14H18Cl2N2O. The largest absolute Gasteiger partial charge is 0.349 e. The molecule has 1 aliphatic rings. The van der Waals surface area contributed by atoms with E-state index in [0.29, 0.717) is 10.0 Å². The Hall–Kier alpha value is -0.770. The van der Waals surface area contributed by atoms with Crippen LogP contribution in [0.1, 0.15) is 31.4 Å². The minimum atomic E-state index is -0.138. The number of amides is 1. The first-order chi connectivity index (χ1) is 9.09. The Morgan fingerprint density at radius 3 is 2.95 bits per heavy atom. The summed E-state index contributed by atoms with van der Waals surface area (Å²) in [7, 11) is 0. The van der Waals surface area contributed by atoms with Gasteiger partial charge in [0.2, 0.25) is 5.91 Å². The maximum absolute atomic E-state index is 12.2. The van der Waals surface area contributed by atoms with Gasteiger partial charge in [-0.25, -0.2) is 0 Å². The minimum absolute atomic E-state index is 0.0501. The Balaban J connectivity index is 2.02. The Morgan fingerprint density at radius 1 is 1.47 bits per heavy atom. The molecule has 3 nitrogen and oxygen atoms in total. The van der Waals surface area contributed by atoms with Crippen LogP contribution in [0.5, 0.6) is 0 Å². The molecule has 1 aromatic rings. The van der Waals surface area contributed by atoms with Gasteiger partial charge in [-0.2, -0.15) is 0 Å². The number of rotatable bonds is 3. The molecule has 0 spiro atoms. The number of carbonyl (C=O) groups is 1. The summed E-state index contributed by atoms with van der Waals surface area (Å²) in [6, 6.07) is 5.33. The van der Waals surface area contributed by atoms with Crippen LogP contribution in [0.3, 0.4) is 0 Å². The number of piperidine rings is 1. The fourth-order valence-corrected chi connectivity index (χ4v) is 2.81. The van der Waals surface area contributed by atoms with Gasteiger partial charge in [0.25, 0.3) is 0 Å². The van der Waals surface area contributed by atoms with Gasteiger partial charge in [-0.05, 0) is 37.9 Å². The molecule has 1 amide bonds. The van der Waals surface area contributed by atoms with E-state index in [-0.39, 0.29) is 17.9 Å². The molecule has 104 valence electrons. The molecular weight excluding hydrogens is 283 g/mol. The van der Waals surface area contributed by atoms with Crippen molar-refractivity contribution in [1.82, 2.24) is 10.6 Å². The molecule has 0 aliphatic carbocycles. The lowest BCUT2D eigenvalue weighted by molar-refractivity contribution is -0.126. The van der Waals surface area contributed by atoms with Gasteiger partial charge in [0.05, 0.1) is 22.0 Å². The first-order valence-corrected chi connectivity index (χ1v) is 7.30. The number of hydrogen-bond acceptors (Lipinski definition) is 2. The van der Waals surface area contributed by atoms with E-state index >= 15 is 0 Å². The standard InChI is InChI=1S/C14H18Cl2N2O/c1-9(11-5-2-6-12(15)13(11)16)18-14(19)10-4-3-7-17-8-10/h2,5-6,9-10,17H,3-4,7-8H2,1H3,(H,18,19). The second-order valence-corrected chi connectivity index (χ2v) is 5.70. The van der Waals surface area contributed by atoms with E-state index in [1.807, 2.05) is 19.1 Å². The zero-order valence-electron chi connectivity index (χ0n) is 10.9. The highest BCUT2D eigenvalue weighted by atomic mass is 35.5. The quantitative estimate of drug-likeness (QED) is 0.900. The fourth-order valence-electron chi connectivity index (χ4n) is 2.34. The number of halogens is 2. The molecule has 19 heavy (non-hydrogen) atoms. The molecule has 0 aromatic heterocycles. The summed E-state index contributed by atoms with van der Waals surface area (Å²) in [5.41, 5.74) is 0.853. The van der Waals surface area contributed by atoms with Gasteiger partial charge in [0.1, 0.15) is 0 Å². The average molecular weight is 301 g/mol. The van der Waals surface area contributed by atoms with Gasteiger partial charge >= 0.3 is 0 Å². The summed E-state index contributed by atoms with van der Waals surface area (Å²) in [5.74, 6) is 0.130. The number of nitrogens with one attached hydrogen (secondary N) is 2. The van der Waals surface area contributed by atoms with Crippen LogP contribution in [0.2, 0.25) is 10.0 Å². The van der Waals surface area contributed by atoms with Crippen molar-refractivity contribution in [1.29, 1.82) is 0 Å². The fraction of sp³-hybridized carbons (Fsp3) is 0.500. The molecule has 2 atom stereocenters. The van der Waals surface area contributed by atoms with Crippen molar-refractivity contribution < 1.29 is 4.79 Å². The zero-order chi connectivity index (χ0) is 13.8. The lowest BCUT2D eigenvalue weighted by atomic mass is 9.98. The van der Waals surface area contributed by atoms with Crippen LogP contribution in [-0.4, -0.2) is 19.0 Å². The van der Waals surface area contributed by atoms with E-state index in [4.69, 9.17) is 23.2 Å². The van der Waals surface area contributed by atoms with Crippen LogP contribution >= 0.6 is 23.2 Å². The molecule has 2 rings (SSSR count). The number of carbonyl (C=O) groups excluding carboxylic acids is 1. The first kappa shape index (κ1) is 14.6. The molecule has 5 heteroatoms. The predicted molar refractivity (Wildman–Crippen MR) is 78.6 cm³/mol. The molecule has 2 N–H and O–H groups in total. The summed E-state index contributed by atoms with van der Waals surface area (Å²) in [6.07, 6.45) is 1.99. The Kier molecular flexibility index (Phi) is 5.08. The van der Waals surface area contributed by atoms with E-state index < -0.39 is 0 Å². The predicted octanol–water partition coefficient (Wildman–Crippen LogP) is 3.17. The Labute approximate surface area is 123 Å². The smallest absolute Gasteiger partial charge is 0.224 e. The molecule has 0 bridgehead atoms. The van der Waals surface area contributed by atoms with E-state index in [9.17, 15) is 4.79 Å². The maximum atomic E-state index is 12.2. The monoisotopic (exact) mass is 300 g/mol. The molecule has 0 radical (unpaired) electrons. The van der Waals surface area contributed by atoms with Crippen LogP contribution in [0, 0.1) is 5.92 Å². The summed E-state index contributed by atoms with van der Waals surface area (Å²) >= 11 is 12.2. The van der Waals surface area contributed by atoms with Crippen LogP contribution < -0.4 is 10.6 Å². The SMILES string of the molecule is CC(NC(=O)C1CCCNC1)c1cccc(Cl)c1Cl. The normalized spacial score (nSPS) is 20.9. The van der Waals surface area contributed by atoms with Gasteiger partial charge in [0, 0.05) is 6.54 Å². The second kappa shape index (κ2) is 6.60. The van der Waals surface area contributed by atoms with Gasteiger partial charge in [-0.1, -0.05) is 35.3 Å². The van der Waals surface area contributed by atoms with Crippen molar-refractivity contribution in [3.05, 3.63) is 33.8 Å². The lowest BCUT2D eigenvalue weighted by Gasteiger charge is -2.24. The maximum Gasteiger partial charge on any atom is 0.224 e. The molecule has 1 fully saturated rings. The Bertz CT molecular complexity index is 459. The van der Waals surface area contributed by atoms with E-state index in [2.05, 4.69) is 10.6 Å².